The highest BCUT2D eigenvalue weighted by Gasteiger charge is 2.52. The Kier molecular flexibility index (Phi) is 6.38. The minimum absolute atomic E-state index is 0.00865. The molecule has 0 spiro atoms. The summed E-state index contributed by atoms with van der Waals surface area (Å²) in [4.78, 5) is 41.5. The van der Waals surface area contributed by atoms with Gasteiger partial charge in [0.05, 0.1) is 32.0 Å². The second-order valence-corrected chi connectivity index (χ2v) is 11.2. The van der Waals surface area contributed by atoms with E-state index in [-0.39, 0.29) is 35.6 Å². The first-order chi connectivity index (χ1) is 19.7. The lowest BCUT2D eigenvalue weighted by molar-refractivity contribution is -0.169. The smallest absolute Gasteiger partial charge is 0.388 e. The zero-order chi connectivity index (χ0) is 28.5. The number of phosphoric ester groups is 1. The molecule has 4 aromatic rings. The summed E-state index contributed by atoms with van der Waals surface area (Å²) in [7, 11) is -4.87. The number of aromatic amines is 2. The van der Waals surface area contributed by atoms with Crippen molar-refractivity contribution in [3.63, 3.8) is 0 Å². The molecule has 7 rings (SSSR count). The van der Waals surface area contributed by atoms with Gasteiger partial charge in [-0.15, -0.1) is 0 Å². The van der Waals surface area contributed by atoms with Crippen LogP contribution in [0.5, 0.6) is 0 Å². The predicted octanol–water partition coefficient (Wildman–Crippen LogP) is -1.38. The van der Waals surface area contributed by atoms with Crippen LogP contribution in [0.1, 0.15) is 24.4 Å². The summed E-state index contributed by atoms with van der Waals surface area (Å²) in [6.45, 7) is -0.457. The highest BCUT2D eigenvalue weighted by molar-refractivity contribution is 7.47. The van der Waals surface area contributed by atoms with Gasteiger partial charge in [-0.3, -0.25) is 23.5 Å². The van der Waals surface area contributed by atoms with E-state index in [0.717, 1.165) is 6.33 Å². The topological polar surface area (TPSA) is 268 Å². The normalized spacial score (nSPS) is 36.3. The van der Waals surface area contributed by atoms with Crippen LogP contribution in [0, 0.1) is 5.92 Å². The van der Waals surface area contributed by atoms with Crippen molar-refractivity contribution in [2.75, 3.05) is 18.9 Å². The predicted molar refractivity (Wildman–Crippen MR) is 132 cm³/mol. The van der Waals surface area contributed by atoms with E-state index in [4.69, 9.17) is 29.0 Å². The number of aliphatic hydroxyl groups excluding tert-OH is 2. The van der Waals surface area contributed by atoms with Crippen molar-refractivity contribution in [3.05, 3.63) is 35.0 Å². The van der Waals surface area contributed by atoms with Crippen molar-refractivity contribution < 1.29 is 42.9 Å². The molecule has 3 saturated heterocycles. The number of hydrogen-bond acceptors (Lipinski definition) is 15. The quantitative estimate of drug-likeness (QED) is 0.146. The Labute approximate surface area is 228 Å². The van der Waals surface area contributed by atoms with E-state index in [2.05, 4.69) is 35.1 Å². The van der Waals surface area contributed by atoms with Crippen LogP contribution in [0.15, 0.2) is 23.8 Å². The molecule has 0 amide bonds. The number of anilines is 1. The van der Waals surface area contributed by atoms with Crippen LogP contribution >= 0.6 is 7.82 Å². The number of nitrogens with zero attached hydrogens (tertiary/aromatic N) is 6. The largest absolute Gasteiger partial charge is 0.472 e. The van der Waals surface area contributed by atoms with Crippen molar-refractivity contribution in [3.8, 4) is 0 Å². The second kappa shape index (κ2) is 9.86. The van der Waals surface area contributed by atoms with Gasteiger partial charge in [-0.1, -0.05) is 0 Å². The summed E-state index contributed by atoms with van der Waals surface area (Å²) in [5.41, 5.74) is 6.25. The zero-order valence-corrected chi connectivity index (χ0v) is 21.8. The molecular formula is C21H24N9O10P. The van der Waals surface area contributed by atoms with E-state index in [1.165, 1.54) is 17.2 Å². The lowest BCUT2D eigenvalue weighted by atomic mass is 9.95. The van der Waals surface area contributed by atoms with Gasteiger partial charge in [0.15, 0.2) is 24.0 Å². The fourth-order valence-electron chi connectivity index (χ4n) is 5.45. The van der Waals surface area contributed by atoms with E-state index in [9.17, 15) is 24.5 Å². The molecule has 3 fully saturated rings. The summed E-state index contributed by atoms with van der Waals surface area (Å²) in [6.07, 6.45) is -4.59. The van der Waals surface area contributed by atoms with Gasteiger partial charge in [0.2, 0.25) is 0 Å². The first kappa shape index (κ1) is 26.5. The van der Waals surface area contributed by atoms with Gasteiger partial charge in [-0.2, -0.15) is 5.10 Å². The van der Waals surface area contributed by atoms with Gasteiger partial charge in [-0.25, -0.2) is 24.5 Å². The minimum atomic E-state index is -4.87. The van der Waals surface area contributed by atoms with Gasteiger partial charge in [0, 0.05) is 5.92 Å². The maximum absolute atomic E-state index is 13.1. The lowest BCUT2D eigenvalue weighted by Crippen LogP contribution is -2.36. The summed E-state index contributed by atoms with van der Waals surface area (Å²) in [5, 5.41) is 28.8. The van der Waals surface area contributed by atoms with Crippen LogP contribution in [-0.2, 0) is 27.8 Å². The first-order valence-electron chi connectivity index (χ1n) is 12.5. The van der Waals surface area contributed by atoms with Crippen LogP contribution in [0.25, 0.3) is 22.2 Å². The zero-order valence-electron chi connectivity index (χ0n) is 20.9. The number of fused-ring (bicyclic) bond motifs is 5. The molecule has 3 aliphatic heterocycles. The van der Waals surface area contributed by atoms with Crippen molar-refractivity contribution in [1.82, 2.24) is 39.7 Å². The van der Waals surface area contributed by atoms with E-state index < -0.39 is 68.9 Å². The molecule has 3 aliphatic rings. The Balaban J connectivity index is 1.16. The van der Waals surface area contributed by atoms with Gasteiger partial charge < -0.3 is 40.0 Å². The Morgan fingerprint density at radius 2 is 1.98 bits per heavy atom. The average molecular weight is 593 g/mol. The van der Waals surface area contributed by atoms with Gasteiger partial charge >= 0.3 is 7.82 Å². The molecule has 0 aromatic carbocycles. The number of ether oxygens (including phenoxy) is 3. The van der Waals surface area contributed by atoms with Crippen LogP contribution in [0.3, 0.4) is 0 Å². The van der Waals surface area contributed by atoms with E-state index in [1.807, 2.05) is 0 Å². The number of nitrogen functional groups attached to an aromatic ring is 1. The van der Waals surface area contributed by atoms with Crippen molar-refractivity contribution in [2.45, 2.75) is 49.5 Å². The molecular weight excluding hydrogens is 569 g/mol. The minimum Gasteiger partial charge on any atom is -0.388 e. The second-order valence-electron chi connectivity index (χ2n) is 9.78. The van der Waals surface area contributed by atoms with E-state index in [0.29, 0.717) is 11.2 Å². The monoisotopic (exact) mass is 593 g/mol. The standard InChI is InChI=1S/C21H24N9O10P/c22-17-12-18(25-5-24-17)30(6-27-12)20-13(31)7-1-2-36-21-14(32)16(40-41(34,35)37-3-8(7)38-20)15(39-21)10-9-11(29-28-10)19(33)26-4-23-9/h4-8,13-16,20-21,31-32H,1-3H2,(H,28,29)(H,34,35)(H2,22,24,25)(H,23,26,33)/t7-,8-,13-,14+,15+,16-,20-,21?/m1/s1. The fraction of sp³-hybridized carbons (Fsp3) is 0.524. The van der Waals surface area contributed by atoms with Crippen molar-refractivity contribution >= 4 is 35.8 Å². The number of aliphatic hydroxyl groups is 2. The summed E-state index contributed by atoms with van der Waals surface area (Å²) >= 11 is 0. The van der Waals surface area contributed by atoms with Crippen LogP contribution in [-0.4, -0.2) is 98.7 Å². The average Bonchev–Trinajstić information content (AvgIpc) is 3.69. The molecule has 9 atom stereocenters. The molecule has 2 unspecified atom stereocenters. The van der Waals surface area contributed by atoms with E-state index in [1.54, 1.807) is 0 Å². The van der Waals surface area contributed by atoms with Crippen LogP contribution < -0.4 is 11.3 Å². The first-order valence-corrected chi connectivity index (χ1v) is 14.0. The highest BCUT2D eigenvalue weighted by atomic mass is 31.2. The summed E-state index contributed by atoms with van der Waals surface area (Å²) in [5.74, 6) is -0.493. The molecule has 7 N–H and O–H groups in total. The number of aromatic nitrogens is 8. The molecule has 41 heavy (non-hydrogen) atoms. The maximum Gasteiger partial charge on any atom is 0.472 e. The van der Waals surface area contributed by atoms with Gasteiger partial charge in [0.1, 0.15) is 53.0 Å². The van der Waals surface area contributed by atoms with Crippen molar-refractivity contribution in [1.29, 1.82) is 0 Å². The molecule has 218 valence electrons. The Hall–Kier alpha value is -3.39. The van der Waals surface area contributed by atoms with Gasteiger partial charge in [-0.05, 0) is 6.42 Å². The maximum atomic E-state index is 13.1. The Morgan fingerprint density at radius 3 is 2.83 bits per heavy atom. The highest BCUT2D eigenvalue weighted by Crippen LogP contribution is 2.52. The third kappa shape index (κ3) is 4.42. The lowest BCUT2D eigenvalue weighted by Gasteiger charge is -2.25. The van der Waals surface area contributed by atoms with Crippen LogP contribution in [0.4, 0.5) is 5.82 Å². The van der Waals surface area contributed by atoms with Crippen LogP contribution in [0.2, 0.25) is 0 Å². The Morgan fingerprint density at radius 1 is 1.12 bits per heavy atom. The van der Waals surface area contributed by atoms with Gasteiger partial charge in [0.25, 0.3) is 5.56 Å². The fourth-order valence-corrected chi connectivity index (χ4v) is 6.39. The molecule has 20 heteroatoms. The molecule has 4 aromatic heterocycles. The van der Waals surface area contributed by atoms with E-state index >= 15 is 0 Å². The third-order valence-corrected chi connectivity index (χ3v) is 8.41. The molecule has 0 radical (unpaired) electrons. The number of H-pyrrole nitrogens is 2. The molecule has 2 bridgehead atoms. The SMILES string of the molecule is Nc1ncnc2c1ncn2[C@@H]1O[C@@H]2COP(=O)(O)O[C@@H]3[C@H](O)C(OCC[C@H]2[C@H]1O)O[C@H]3c1n[nH]c2c(=O)[nH]cnc12. The third-order valence-electron chi connectivity index (χ3n) is 7.42. The molecule has 0 aliphatic carbocycles. The number of hydrogen-bond donors (Lipinski definition) is 6. The number of nitrogens with two attached hydrogens (primary N) is 1. The molecule has 19 nitrogen and oxygen atoms in total. The Bertz CT molecular complexity index is 1710. The number of rotatable bonds is 2. The molecule has 0 saturated carbocycles. The summed E-state index contributed by atoms with van der Waals surface area (Å²) < 4.78 is 43.0. The number of nitrogens with one attached hydrogen (secondary N) is 2. The van der Waals surface area contributed by atoms with Crippen molar-refractivity contribution in [2.24, 2.45) is 5.92 Å². The number of phosphoric acid groups is 1. The molecule has 7 heterocycles. The number of imidazole rings is 1. The summed E-state index contributed by atoms with van der Waals surface area (Å²) in [6, 6.07) is 0.